The van der Waals surface area contributed by atoms with Crippen LogP contribution in [0.5, 0.6) is 0 Å². The van der Waals surface area contributed by atoms with Crippen molar-refractivity contribution in [3.8, 4) is 0 Å². The van der Waals surface area contributed by atoms with Crippen LogP contribution in [0.25, 0.3) is 0 Å². The maximum absolute atomic E-state index is 11.5. The molecule has 23 heavy (non-hydrogen) atoms. The van der Waals surface area contributed by atoms with Crippen molar-refractivity contribution in [2.24, 2.45) is 4.99 Å². The van der Waals surface area contributed by atoms with Gasteiger partial charge in [0.25, 0.3) is 0 Å². The molecule has 0 heterocycles. The lowest BCUT2D eigenvalue weighted by molar-refractivity contribution is 0.476. The van der Waals surface area contributed by atoms with E-state index in [1.54, 1.807) is 6.92 Å². The highest BCUT2D eigenvalue weighted by Crippen LogP contribution is 2.09. The van der Waals surface area contributed by atoms with E-state index in [4.69, 9.17) is 0 Å². The summed E-state index contributed by atoms with van der Waals surface area (Å²) >= 11 is 0. The van der Waals surface area contributed by atoms with E-state index in [9.17, 15) is 8.42 Å². The number of sulfone groups is 1. The predicted octanol–water partition coefficient (Wildman–Crippen LogP) is 2.45. The number of nitrogens with one attached hydrogen (secondary N) is 1. The zero-order valence-electron chi connectivity index (χ0n) is 14.4. The quantitative estimate of drug-likeness (QED) is 0.392. The molecule has 7 heteroatoms. The van der Waals surface area contributed by atoms with Crippen molar-refractivity contribution in [2.45, 2.75) is 27.3 Å². The molecule has 0 amide bonds. The van der Waals surface area contributed by atoms with E-state index in [-0.39, 0.29) is 42.0 Å². The van der Waals surface area contributed by atoms with Gasteiger partial charge in [0.1, 0.15) is 0 Å². The average molecular weight is 453 g/mol. The van der Waals surface area contributed by atoms with Gasteiger partial charge in [-0.3, -0.25) is 4.99 Å². The first-order chi connectivity index (χ1) is 10.4. The van der Waals surface area contributed by atoms with E-state index in [1.165, 1.54) is 11.1 Å². The highest BCUT2D eigenvalue weighted by Gasteiger charge is 2.10. The second-order valence-corrected chi connectivity index (χ2v) is 7.73. The van der Waals surface area contributed by atoms with Crippen molar-refractivity contribution in [3.63, 3.8) is 0 Å². The third-order valence-electron chi connectivity index (χ3n) is 3.47. The van der Waals surface area contributed by atoms with E-state index in [2.05, 4.69) is 29.4 Å². The molecule has 5 nitrogen and oxygen atoms in total. The highest BCUT2D eigenvalue weighted by molar-refractivity contribution is 14.0. The van der Waals surface area contributed by atoms with E-state index in [1.807, 2.05) is 31.0 Å². The van der Waals surface area contributed by atoms with Crippen molar-refractivity contribution in [1.29, 1.82) is 0 Å². The Kier molecular flexibility index (Phi) is 10.5. The minimum atomic E-state index is -2.97. The van der Waals surface area contributed by atoms with Crippen molar-refractivity contribution >= 4 is 39.8 Å². The number of hydrogen-bond acceptors (Lipinski definition) is 3. The summed E-state index contributed by atoms with van der Waals surface area (Å²) in [6.07, 6.45) is 0. The molecule has 0 bridgehead atoms. The van der Waals surface area contributed by atoms with Gasteiger partial charge in [0.05, 0.1) is 12.3 Å². The van der Waals surface area contributed by atoms with Crippen molar-refractivity contribution in [1.82, 2.24) is 10.2 Å². The minimum absolute atomic E-state index is 0. The van der Waals surface area contributed by atoms with E-state index in [0.29, 0.717) is 0 Å². The van der Waals surface area contributed by atoms with Gasteiger partial charge in [-0.05, 0) is 25.0 Å². The Balaban J connectivity index is 0.00000484. The van der Waals surface area contributed by atoms with Crippen LogP contribution in [0.3, 0.4) is 0 Å². The zero-order valence-corrected chi connectivity index (χ0v) is 17.5. The first kappa shape index (κ1) is 22.2. The third-order valence-corrected chi connectivity index (χ3v) is 5.15. The summed E-state index contributed by atoms with van der Waals surface area (Å²) in [5.74, 6) is 0.992. The van der Waals surface area contributed by atoms with Crippen molar-refractivity contribution < 1.29 is 8.42 Å². The lowest BCUT2D eigenvalue weighted by Crippen LogP contribution is -2.39. The second-order valence-electron chi connectivity index (χ2n) is 5.25. The minimum Gasteiger partial charge on any atom is -0.357 e. The van der Waals surface area contributed by atoms with Gasteiger partial charge in [0.15, 0.2) is 15.8 Å². The second kappa shape index (κ2) is 10.9. The number of aryl methyl sites for hydroxylation is 1. The van der Waals surface area contributed by atoms with E-state index < -0.39 is 9.84 Å². The van der Waals surface area contributed by atoms with Crippen LogP contribution in [0.2, 0.25) is 0 Å². The Morgan fingerprint density at radius 2 is 1.91 bits per heavy atom. The average Bonchev–Trinajstić information content (AvgIpc) is 2.48. The summed E-state index contributed by atoms with van der Waals surface area (Å²) in [6.45, 7) is 7.52. The summed E-state index contributed by atoms with van der Waals surface area (Å²) < 4.78 is 23.1. The molecule has 0 spiro atoms. The summed E-state index contributed by atoms with van der Waals surface area (Å²) in [6, 6.07) is 8.22. The number of benzene rings is 1. The summed E-state index contributed by atoms with van der Waals surface area (Å²) in [5, 5.41) is 3.21. The Bertz CT molecular complexity index is 603. The van der Waals surface area contributed by atoms with Gasteiger partial charge in [0, 0.05) is 25.9 Å². The van der Waals surface area contributed by atoms with Crippen LogP contribution in [0.1, 0.15) is 25.0 Å². The fraction of sp³-hybridized carbons (Fsp3) is 0.562. The van der Waals surface area contributed by atoms with Crippen LogP contribution in [0.4, 0.5) is 0 Å². The molecule has 0 aliphatic carbocycles. The van der Waals surface area contributed by atoms with E-state index >= 15 is 0 Å². The summed E-state index contributed by atoms with van der Waals surface area (Å²) in [5.41, 5.74) is 2.47. The molecule has 0 atom stereocenters. The van der Waals surface area contributed by atoms with E-state index in [0.717, 1.165) is 19.0 Å². The third kappa shape index (κ3) is 8.01. The Morgan fingerprint density at radius 3 is 2.48 bits per heavy atom. The van der Waals surface area contributed by atoms with Crippen molar-refractivity contribution in [3.05, 3.63) is 35.4 Å². The number of halogens is 1. The van der Waals surface area contributed by atoms with Crippen LogP contribution in [0, 0.1) is 6.92 Å². The topological polar surface area (TPSA) is 61.8 Å². The van der Waals surface area contributed by atoms with Crippen LogP contribution in [-0.2, 0) is 16.4 Å². The molecule has 0 aliphatic heterocycles. The molecule has 1 rings (SSSR count). The SMILES string of the molecule is CCNC(=NCCS(=O)(=O)CC)N(C)Cc1ccccc1C.I. The number of guanidine groups is 1. The lowest BCUT2D eigenvalue weighted by atomic mass is 10.1. The smallest absolute Gasteiger partial charge is 0.193 e. The molecular weight excluding hydrogens is 425 g/mol. The molecule has 0 fully saturated rings. The molecule has 1 aromatic carbocycles. The first-order valence-corrected chi connectivity index (χ1v) is 9.46. The van der Waals surface area contributed by atoms with Gasteiger partial charge in [0.2, 0.25) is 0 Å². The number of hydrogen-bond donors (Lipinski definition) is 1. The highest BCUT2D eigenvalue weighted by atomic mass is 127. The molecule has 0 saturated heterocycles. The van der Waals surface area contributed by atoms with Crippen LogP contribution < -0.4 is 5.32 Å². The lowest BCUT2D eigenvalue weighted by Gasteiger charge is -2.23. The fourth-order valence-electron chi connectivity index (χ4n) is 2.02. The van der Waals surface area contributed by atoms with Crippen molar-refractivity contribution in [2.75, 3.05) is 31.6 Å². The normalized spacial score (nSPS) is 11.7. The summed E-state index contributed by atoms with van der Waals surface area (Å²) in [7, 11) is -1.01. The maximum atomic E-state index is 11.5. The predicted molar refractivity (Wildman–Crippen MR) is 108 cm³/mol. The standard InChI is InChI=1S/C16H27N3O2S.HI/c1-5-17-16(18-11-12-22(20,21)6-2)19(4)13-15-10-8-7-9-14(15)3;/h7-10H,5-6,11-13H2,1-4H3,(H,17,18);1H. The van der Waals surface area contributed by atoms with Gasteiger partial charge < -0.3 is 10.2 Å². The monoisotopic (exact) mass is 453 g/mol. The summed E-state index contributed by atoms with van der Waals surface area (Å²) in [4.78, 5) is 6.44. The largest absolute Gasteiger partial charge is 0.357 e. The van der Waals surface area contributed by atoms with Gasteiger partial charge >= 0.3 is 0 Å². The molecule has 0 aliphatic rings. The molecule has 1 N–H and O–H groups in total. The molecule has 132 valence electrons. The molecule has 0 unspecified atom stereocenters. The van der Waals surface area contributed by atoms with Gasteiger partial charge in [-0.1, -0.05) is 31.2 Å². The zero-order chi connectivity index (χ0) is 16.6. The van der Waals surface area contributed by atoms with Gasteiger partial charge in [-0.2, -0.15) is 0 Å². The maximum Gasteiger partial charge on any atom is 0.193 e. The van der Waals surface area contributed by atoms with Crippen LogP contribution in [-0.4, -0.2) is 50.9 Å². The van der Waals surface area contributed by atoms with Gasteiger partial charge in [-0.25, -0.2) is 8.42 Å². The van der Waals surface area contributed by atoms with Gasteiger partial charge in [-0.15, -0.1) is 24.0 Å². The first-order valence-electron chi connectivity index (χ1n) is 7.64. The van der Waals surface area contributed by atoms with Crippen LogP contribution in [0.15, 0.2) is 29.3 Å². The number of nitrogens with zero attached hydrogens (tertiary/aromatic N) is 2. The fourth-order valence-corrected chi connectivity index (χ4v) is 2.68. The molecular formula is C16H28IN3O2S. The Labute approximate surface area is 157 Å². The number of rotatable bonds is 7. The molecule has 0 radical (unpaired) electrons. The molecule has 0 aromatic heterocycles. The van der Waals surface area contributed by atoms with Crippen LogP contribution >= 0.6 is 24.0 Å². The Hall–Kier alpha value is -0.830. The number of aliphatic imine (C=N–C) groups is 1. The Morgan fingerprint density at radius 1 is 1.26 bits per heavy atom. The molecule has 0 saturated carbocycles. The molecule has 1 aromatic rings.